The van der Waals surface area contributed by atoms with Crippen molar-refractivity contribution in [1.29, 1.82) is 0 Å². The predicted molar refractivity (Wildman–Crippen MR) is 105 cm³/mol. The standard InChI is InChI=1S/C18H21ClN4O3S/c1-5-15-20-21-18(26-15)16-11(3)17(12(4)23(16)6-2)27(24,25)22-14-9-7-13(19)8-10-14/h7-10,22H,5-6H2,1-4H3. The summed E-state index contributed by atoms with van der Waals surface area (Å²) < 4.78 is 36.3. The Labute approximate surface area is 163 Å². The lowest BCUT2D eigenvalue weighted by molar-refractivity contribution is 0.507. The van der Waals surface area contributed by atoms with Crippen molar-refractivity contribution in [3.63, 3.8) is 0 Å². The van der Waals surface area contributed by atoms with Crippen LogP contribution < -0.4 is 4.72 Å². The lowest BCUT2D eigenvalue weighted by atomic mass is 10.2. The van der Waals surface area contributed by atoms with Crippen molar-refractivity contribution in [1.82, 2.24) is 14.8 Å². The molecule has 0 saturated heterocycles. The molecule has 3 aromatic rings. The van der Waals surface area contributed by atoms with E-state index in [9.17, 15) is 8.42 Å². The second kappa shape index (κ2) is 7.36. The quantitative estimate of drug-likeness (QED) is 0.660. The number of halogens is 1. The van der Waals surface area contributed by atoms with Crippen molar-refractivity contribution in [3.05, 3.63) is 46.4 Å². The van der Waals surface area contributed by atoms with Crippen LogP contribution in [0.3, 0.4) is 0 Å². The Hall–Kier alpha value is -2.32. The van der Waals surface area contributed by atoms with Crippen molar-refractivity contribution >= 4 is 27.3 Å². The maximum absolute atomic E-state index is 13.1. The van der Waals surface area contributed by atoms with Crippen molar-refractivity contribution in [2.24, 2.45) is 0 Å². The van der Waals surface area contributed by atoms with Crippen LogP contribution in [-0.2, 0) is 23.0 Å². The maximum Gasteiger partial charge on any atom is 0.264 e. The van der Waals surface area contributed by atoms with Gasteiger partial charge in [0.25, 0.3) is 15.9 Å². The number of hydrogen-bond acceptors (Lipinski definition) is 5. The first-order valence-electron chi connectivity index (χ1n) is 8.59. The Morgan fingerprint density at radius 1 is 1.15 bits per heavy atom. The Morgan fingerprint density at radius 2 is 1.81 bits per heavy atom. The Kier molecular flexibility index (Phi) is 5.30. The molecule has 7 nitrogen and oxygen atoms in total. The fourth-order valence-electron chi connectivity index (χ4n) is 3.16. The molecule has 0 aliphatic heterocycles. The normalized spacial score (nSPS) is 11.7. The molecule has 9 heteroatoms. The summed E-state index contributed by atoms with van der Waals surface area (Å²) in [6.07, 6.45) is 0.612. The number of aryl methyl sites for hydroxylation is 1. The minimum Gasteiger partial charge on any atom is -0.419 e. The van der Waals surface area contributed by atoms with E-state index < -0.39 is 10.0 Å². The molecule has 0 fully saturated rings. The largest absolute Gasteiger partial charge is 0.419 e. The molecule has 1 N–H and O–H groups in total. The molecule has 0 aliphatic carbocycles. The fraction of sp³-hybridized carbons (Fsp3) is 0.333. The zero-order chi connectivity index (χ0) is 19.8. The Morgan fingerprint density at radius 3 is 2.37 bits per heavy atom. The molecular formula is C18H21ClN4O3S. The summed E-state index contributed by atoms with van der Waals surface area (Å²) in [6.45, 7) is 7.95. The smallest absolute Gasteiger partial charge is 0.264 e. The number of rotatable bonds is 6. The van der Waals surface area contributed by atoms with Crippen LogP contribution in [0.1, 0.15) is 31.0 Å². The monoisotopic (exact) mass is 408 g/mol. The van der Waals surface area contributed by atoms with Gasteiger partial charge in [0.05, 0.1) is 0 Å². The Bertz CT molecular complexity index is 1070. The summed E-state index contributed by atoms with van der Waals surface area (Å²) in [6, 6.07) is 6.50. The van der Waals surface area contributed by atoms with Gasteiger partial charge >= 0.3 is 0 Å². The molecule has 3 rings (SSSR count). The van der Waals surface area contributed by atoms with Crippen LogP contribution >= 0.6 is 11.6 Å². The highest BCUT2D eigenvalue weighted by Gasteiger charge is 2.29. The summed E-state index contributed by atoms with van der Waals surface area (Å²) in [7, 11) is -3.81. The molecule has 0 radical (unpaired) electrons. The molecule has 2 heterocycles. The first-order chi connectivity index (χ1) is 12.8. The number of nitrogens with zero attached hydrogens (tertiary/aromatic N) is 3. The van der Waals surface area contributed by atoms with Gasteiger partial charge < -0.3 is 8.98 Å². The molecule has 0 unspecified atom stereocenters. The molecule has 2 aromatic heterocycles. The SMILES string of the molecule is CCc1nnc(-c2c(C)c(S(=O)(=O)Nc3ccc(Cl)cc3)c(C)n2CC)o1. The summed E-state index contributed by atoms with van der Waals surface area (Å²) in [5.41, 5.74) is 2.25. The van der Waals surface area contributed by atoms with Crippen LogP contribution in [-0.4, -0.2) is 23.2 Å². The molecule has 0 saturated carbocycles. The van der Waals surface area contributed by atoms with Crippen LogP contribution in [0, 0.1) is 13.8 Å². The number of nitrogens with one attached hydrogen (secondary N) is 1. The number of sulfonamides is 1. The van der Waals surface area contributed by atoms with Gasteiger partial charge in [-0.1, -0.05) is 18.5 Å². The molecule has 0 aliphatic rings. The predicted octanol–water partition coefficient (Wildman–Crippen LogP) is 4.19. The molecule has 0 bridgehead atoms. The van der Waals surface area contributed by atoms with Crippen LogP contribution in [0.2, 0.25) is 5.02 Å². The number of aromatic nitrogens is 3. The van der Waals surface area contributed by atoms with Crippen LogP contribution in [0.4, 0.5) is 5.69 Å². The van der Waals surface area contributed by atoms with E-state index in [-0.39, 0.29) is 4.90 Å². The lowest BCUT2D eigenvalue weighted by Gasteiger charge is -2.09. The average Bonchev–Trinajstić information content (AvgIpc) is 3.18. The van der Waals surface area contributed by atoms with E-state index in [0.717, 1.165) is 0 Å². The van der Waals surface area contributed by atoms with E-state index in [4.69, 9.17) is 16.0 Å². The van der Waals surface area contributed by atoms with Crippen molar-refractivity contribution < 1.29 is 12.8 Å². The first-order valence-corrected chi connectivity index (χ1v) is 10.4. The zero-order valence-corrected chi connectivity index (χ0v) is 17.1. The highest BCUT2D eigenvalue weighted by atomic mass is 35.5. The summed E-state index contributed by atoms with van der Waals surface area (Å²) in [4.78, 5) is 0.213. The van der Waals surface area contributed by atoms with E-state index in [2.05, 4.69) is 14.9 Å². The maximum atomic E-state index is 13.1. The molecular weight excluding hydrogens is 388 g/mol. The summed E-state index contributed by atoms with van der Waals surface area (Å²) in [5.74, 6) is 0.830. The molecule has 27 heavy (non-hydrogen) atoms. The second-order valence-corrected chi connectivity index (χ2v) is 8.15. The van der Waals surface area contributed by atoms with Crippen molar-refractivity contribution in [3.8, 4) is 11.6 Å². The van der Waals surface area contributed by atoms with E-state index in [0.29, 0.717) is 52.4 Å². The van der Waals surface area contributed by atoms with E-state index in [1.165, 1.54) is 0 Å². The highest BCUT2D eigenvalue weighted by molar-refractivity contribution is 7.92. The van der Waals surface area contributed by atoms with Crippen LogP contribution in [0.15, 0.2) is 33.6 Å². The highest BCUT2D eigenvalue weighted by Crippen LogP contribution is 2.34. The minimum atomic E-state index is -3.81. The van der Waals surface area contributed by atoms with Crippen LogP contribution in [0.5, 0.6) is 0 Å². The average molecular weight is 409 g/mol. The third kappa shape index (κ3) is 3.59. The molecule has 0 atom stereocenters. The second-order valence-electron chi connectivity index (χ2n) is 6.10. The van der Waals surface area contributed by atoms with Gasteiger partial charge in [-0.3, -0.25) is 4.72 Å². The van der Waals surface area contributed by atoms with Gasteiger partial charge in [-0.2, -0.15) is 0 Å². The molecule has 144 valence electrons. The van der Waals surface area contributed by atoms with E-state index in [1.54, 1.807) is 38.1 Å². The number of hydrogen-bond donors (Lipinski definition) is 1. The molecule has 1 aromatic carbocycles. The lowest BCUT2D eigenvalue weighted by Crippen LogP contribution is -2.15. The summed E-state index contributed by atoms with van der Waals surface area (Å²) in [5, 5.41) is 8.62. The Balaban J connectivity index is 2.11. The molecule has 0 spiro atoms. The van der Waals surface area contributed by atoms with Gasteiger partial charge in [-0.15, -0.1) is 10.2 Å². The fourth-order valence-corrected chi connectivity index (χ4v) is 4.83. The van der Waals surface area contributed by atoms with Gasteiger partial charge in [0.15, 0.2) is 0 Å². The first kappa shape index (κ1) is 19.4. The number of anilines is 1. The van der Waals surface area contributed by atoms with Crippen molar-refractivity contribution in [2.45, 2.75) is 45.6 Å². The summed E-state index contributed by atoms with van der Waals surface area (Å²) >= 11 is 5.87. The number of benzene rings is 1. The van der Waals surface area contributed by atoms with Gasteiger partial charge in [0, 0.05) is 34.9 Å². The zero-order valence-electron chi connectivity index (χ0n) is 15.6. The van der Waals surface area contributed by atoms with Crippen LogP contribution in [0.25, 0.3) is 11.6 Å². The van der Waals surface area contributed by atoms with Gasteiger partial charge in [-0.05, 0) is 45.0 Å². The molecule has 0 amide bonds. The van der Waals surface area contributed by atoms with Crippen molar-refractivity contribution in [2.75, 3.05) is 4.72 Å². The van der Waals surface area contributed by atoms with Gasteiger partial charge in [-0.25, -0.2) is 8.42 Å². The third-order valence-electron chi connectivity index (χ3n) is 4.35. The topological polar surface area (TPSA) is 90.0 Å². The third-order valence-corrected chi connectivity index (χ3v) is 6.25. The minimum absolute atomic E-state index is 0.213. The van der Waals surface area contributed by atoms with Gasteiger partial charge in [0.2, 0.25) is 5.89 Å². The van der Waals surface area contributed by atoms with E-state index >= 15 is 0 Å². The van der Waals surface area contributed by atoms with E-state index in [1.807, 2.05) is 18.4 Å². The van der Waals surface area contributed by atoms with Gasteiger partial charge in [0.1, 0.15) is 10.6 Å².